The van der Waals surface area contributed by atoms with Crippen molar-refractivity contribution in [2.75, 3.05) is 13.6 Å². The molecule has 6 nitrogen and oxygen atoms in total. The zero-order valence-corrected chi connectivity index (χ0v) is 10.7. The van der Waals surface area contributed by atoms with Crippen LogP contribution < -0.4 is 10.6 Å². The number of nitrogens with one attached hydrogen (secondary N) is 2. The number of likely N-dealkylation sites (N-methyl/N-ethyl adjacent to an activating group) is 1. The molecule has 0 aromatic carbocycles. The van der Waals surface area contributed by atoms with Gasteiger partial charge in [0.1, 0.15) is 6.04 Å². The van der Waals surface area contributed by atoms with Gasteiger partial charge in [0.15, 0.2) is 0 Å². The fraction of sp³-hybridized carbons (Fsp3) is 0.750. The van der Waals surface area contributed by atoms with Gasteiger partial charge >= 0.3 is 0 Å². The molecule has 2 aliphatic rings. The van der Waals surface area contributed by atoms with Gasteiger partial charge in [0, 0.05) is 7.05 Å². The second kappa shape index (κ2) is 5.06. The second-order valence-corrected chi connectivity index (χ2v) is 5.11. The predicted molar refractivity (Wildman–Crippen MR) is 64.5 cm³/mol. The van der Waals surface area contributed by atoms with Crippen LogP contribution in [0.3, 0.4) is 0 Å². The van der Waals surface area contributed by atoms with Crippen LogP contribution in [0.15, 0.2) is 0 Å². The lowest BCUT2D eigenvalue weighted by molar-refractivity contribution is -0.138. The summed E-state index contributed by atoms with van der Waals surface area (Å²) in [5.41, 5.74) is 0. The van der Waals surface area contributed by atoms with E-state index >= 15 is 0 Å². The lowest BCUT2D eigenvalue weighted by Crippen LogP contribution is -2.54. The zero-order valence-electron chi connectivity index (χ0n) is 10.7. The number of likely N-dealkylation sites (tertiary alicyclic amines) is 1. The summed E-state index contributed by atoms with van der Waals surface area (Å²) >= 11 is 0. The third-order valence-corrected chi connectivity index (χ3v) is 3.75. The minimum absolute atomic E-state index is 0.0716. The van der Waals surface area contributed by atoms with E-state index in [0.29, 0.717) is 0 Å². The molecular weight excluding hydrogens is 234 g/mol. The second-order valence-electron chi connectivity index (χ2n) is 5.11. The largest absolute Gasteiger partial charge is 0.342 e. The van der Waals surface area contributed by atoms with Crippen LogP contribution >= 0.6 is 0 Å². The molecule has 2 rings (SSSR count). The van der Waals surface area contributed by atoms with Crippen molar-refractivity contribution in [3.8, 4) is 0 Å². The average molecular weight is 253 g/mol. The highest BCUT2D eigenvalue weighted by molar-refractivity contribution is 6.06. The molecule has 0 aromatic heterocycles. The van der Waals surface area contributed by atoms with Gasteiger partial charge in [-0.25, -0.2) is 0 Å². The molecule has 3 amide bonds. The van der Waals surface area contributed by atoms with E-state index in [1.54, 1.807) is 0 Å². The van der Waals surface area contributed by atoms with Crippen LogP contribution in [0.25, 0.3) is 0 Å². The molecule has 2 N–H and O–H groups in total. The Kier molecular flexibility index (Phi) is 3.65. The van der Waals surface area contributed by atoms with Gasteiger partial charge in [-0.2, -0.15) is 0 Å². The SMILES string of the molecule is CC1CCCNC1C(=O)NC1CC(=O)N(C)C1=O. The van der Waals surface area contributed by atoms with E-state index in [4.69, 9.17) is 0 Å². The summed E-state index contributed by atoms with van der Waals surface area (Å²) in [7, 11) is 1.44. The number of carbonyl (C=O) groups excluding carboxylic acids is 3. The van der Waals surface area contributed by atoms with Crippen molar-refractivity contribution in [1.29, 1.82) is 0 Å². The van der Waals surface area contributed by atoms with Gasteiger partial charge in [-0.3, -0.25) is 19.3 Å². The predicted octanol–water partition coefficient (Wildman–Crippen LogP) is -0.752. The van der Waals surface area contributed by atoms with E-state index in [9.17, 15) is 14.4 Å². The van der Waals surface area contributed by atoms with Crippen LogP contribution in [-0.2, 0) is 14.4 Å². The van der Waals surface area contributed by atoms with Gasteiger partial charge in [-0.15, -0.1) is 0 Å². The normalized spacial score (nSPS) is 32.8. The Labute approximate surface area is 106 Å². The van der Waals surface area contributed by atoms with E-state index in [-0.39, 0.29) is 36.1 Å². The highest BCUT2D eigenvalue weighted by Crippen LogP contribution is 2.17. The first kappa shape index (κ1) is 13.0. The van der Waals surface area contributed by atoms with E-state index < -0.39 is 6.04 Å². The van der Waals surface area contributed by atoms with Crippen molar-refractivity contribution in [2.45, 2.75) is 38.3 Å². The van der Waals surface area contributed by atoms with Crippen LogP contribution in [0.2, 0.25) is 0 Å². The molecule has 2 saturated heterocycles. The standard InChI is InChI=1S/C12H19N3O3/c1-7-4-3-5-13-10(7)11(17)14-8-6-9(16)15(2)12(8)18/h7-8,10,13H,3-6H2,1-2H3,(H,14,17). The van der Waals surface area contributed by atoms with Gasteiger partial charge in [0.25, 0.3) is 5.91 Å². The summed E-state index contributed by atoms with van der Waals surface area (Å²) in [5.74, 6) is -0.487. The zero-order chi connectivity index (χ0) is 13.3. The number of carbonyl (C=O) groups is 3. The molecular formula is C12H19N3O3. The summed E-state index contributed by atoms with van der Waals surface area (Å²) in [6.07, 6.45) is 2.14. The van der Waals surface area contributed by atoms with Gasteiger partial charge in [-0.1, -0.05) is 6.92 Å². The van der Waals surface area contributed by atoms with Crippen molar-refractivity contribution in [3.05, 3.63) is 0 Å². The maximum atomic E-state index is 12.1. The lowest BCUT2D eigenvalue weighted by atomic mass is 9.92. The molecule has 0 spiro atoms. The molecule has 3 unspecified atom stereocenters. The molecule has 0 aromatic rings. The molecule has 0 aliphatic carbocycles. The van der Waals surface area contributed by atoms with Gasteiger partial charge < -0.3 is 10.6 Å². The van der Waals surface area contributed by atoms with Crippen molar-refractivity contribution in [3.63, 3.8) is 0 Å². The Morgan fingerprint density at radius 1 is 1.44 bits per heavy atom. The third kappa shape index (κ3) is 2.38. The number of hydrogen-bond acceptors (Lipinski definition) is 4. The maximum absolute atomic E-state index is 12.1. The summed E-state index contributed by atoms with van der Waals surface area (Å²) in [5, 5.41) is 5.83. The highest BCUT2D eigenvalue weighted by atomic mass is 16.2. The average Bonchev–Trinajstić information content (AvgIpc) is 2.57. The van der Waals surface area contributed by atoms with Gasteiger partial charge in [0.05, 0.1) is 12.5 Å². The van der Waals surface area contributed by atoms with E-state index in [0.717, 1.165) is 24.3 Å². The van der Waals surface area contributed by atoms with Crippen LogP contribution in [0.5, 0.6) is 0 Å². The molecule has 0 radical (unpaired) electrons. The molecule has 6 heteroatoms. The van der Waals surface area contributed by atoms with Crippen LogP contribution in [0.1, 0.15) is 26.2 Å². The van der Waals surface area contributed by atoms with Crippen molar-refractivity contribution < 1.29 is 14.4 Å². The first-order valence-electron chi connectivity index (χ1n) is 6.35. The molecule has 2 aliphatic heterocycles. The van der Waals surface area contributed by atoms with E-state index in [1.165, 1.54) is 7.05 Å². The molecule has 18 heavy (non-hydrogen) atoms. The molecule has 100 valence electrons. The topological polar surface area (TPSA) is 78.5 Å². The Morgan fingerprint density at radius 3 is 2.72 bits per heavy atom. The molecule has 0 saturated carbocycles. The summed E-state index contributed by atoms with van der Waals surface area (Å²) in [4.78, 5) is 36.2. The van der Waals surface area contributed by atoms with Crippen molar-refractivity contribution in [1.82, 2.24) is 15.5 Å². The van der Waals surface area contributed by atoms with Gasteiger partial charge in [0.2, 0.25) is 11.8 Å². The lowest BCUT2D eigenvalue weighted by Gasteiger charge is -2.29. The molecule has 2 heterocycles. The number of hydrogen-bond donors (Lipinski definition) is 2. The Hall–Kier alpha value is -1.43. The van der Waals surface area contributed by atoms with Gasteiger partial charge in [-0.05, 0) is 25.3 Å². The van der Waals surface area contributed by atoms with E-state index in [2.05, 4.69) is 10.6 Å². The Morgan fingerprint density at radius 2 is 2.17 bits per heavy atom. The monoisotopic (exact) mass is 253 g/mol. The van der Waals surface area contributed by atoms with Crippen LogP contribution in [0.4, 0.5) is 0 Å². The number of piperidine rings is 1. The minimum Gasteiger partial charge on any atom is -0.342 e. The van der Waals surface area contributed by atoms with E-state index in [1.807, 2.05) is 6.92 Å². The Bertz CT molecular complexity index is 383. The first-order valence-corrected chi connectivity index (χ1v) is 6.35. The third-order valence-electron chi connectivity index (χ3n) is 3.75. The molecule has 0 bridgehead atoms. The number of rotatable bonds is 2. The summed E-state index contributed by atoms with van der Waals surface area (Å²) < 4.78 is 0. The molecule has 3 atom stereocenters. The van der Waals surface area contributed by atoms with Crippen LogP contribution in [-0.4, -0.2) is 48.3 Å². The number of imide groups is 1. The van der Waals surface area contributed by atoms with Crippen molar-refractivity contribution >= 4 is 17.7 Å². The summed E-state index contributed by atoms with van der Waals surface area (Å²) in [6, 6.07) is -0.946. The fourth-order valence-electron chi connectivity index (χ4n) is 2.53. The number of nitrogens with zero attached hydrogens (tertiary/aromatic N) is 1. The minimum atomic E-state index is -0.689. The number of amides is 3. The first-order chi connectivity index (χ1) is 8.50. The van der Waals surface area contributed by atoms with Crippen LogP contribution in [0, 0.1) is 5.92 Å². The molecule has 2 fully saturated rings. The maximum Gasteiger partial charge on any atom is 0.252 e. The quantitative estimate of drug-likeness (QED) is 0.635. The Balaban J connectivity index is 1.95. The smallest absolute Gasteiger partial charge is 0.252 e. The fourth-order valence-corrected chi connectivity index (χ4v) is 2.53. The highest BCUT2D eigenvalue weighted by Gasteiger charge is 2.38. The van der Waals surface area contributed by atoms with Crippen molar-refractivity contribution in [2.24, 2.45) is 5.92 Å². The summed E-state index contributed by atoms with van der Waals surface area (Å²) in [6.45, 7) is 2.84.